The molecule has 2 heterocycles. The topological polar surface area (TPSA) is 101 Å². The fourth-order valence-electron chi connectivity index (χ4n) is 3.30. The van der Waals surface area contributed by atoms with Crippen molar-refractivity contribution in [3.8, 4) is 0 Å². The predicted molar refractivity (Wildman–Crippen MR) is 113 cm³/mol. The van der Waals surface area contributed by atoms with Crippen molar-refractivity contribution in [3.63, 3.8) is 0 Å². The Morgan fingerprint density at radius 3 is 2.53 bits per heavy atom. The van der Waals surface area contributed by atoms with Crippen molar-refractivity contribution in [2.45, 2.75) is 13.0 Å². The van der Waals surface area contributed by atoms with E-state index in [0.717, 1.165) is 10.9 Å². The fraction of sp³-hybridized carbons (Fsp3) is 0.136. The Balaban J connectivity index is 1.54. The molecule has 152 valence electrons. The maximum absolute atomic E-state index is 12.9. The highest BCUT2D eigenvalue weighted by molar-refractivity contribution is 6.07. The van der Waals surface area contributed by atoms with Crippen LogP contribution in [0.15, 0.2) is 71.4 Å². The molecule has 0 radical (unpaired) electrons. The average molecular weight is 403 g/mol. The third-order valence-corrected chi connectivity index (χ3v) is 4.75. The van der Waals surface area contributed by atoms with E-state index < -0.39 is 6.04 Å². The summed E-state index contributed by atoms with van der Waals surface area (Å²) in [4.78, 5) is 25.7. The summed E-state index contributed by atoms with van der Waals surface area (Å²) >= 11 is 0. The molecule has 0 aliphatic heterocycles. The Kier molecular flexibility index (Phi) is 5.32. The van der Waals surface area contributed by atoms with E-state index in [2.05, 4.69) is 21.3 Å². The zero-order valence-electron chi connectivity index (χ0n) is 16.5. The van der Waals surface area contributed by atoms with E-state index in [1.807, 2.05) is 54.1 Å². The van der Waals surface area contributed by atoms with E-state index in [1.165, 1.54) is 0 Å². The number of nitrogens with one attached hydrogen (secondary N) is 3. The maximum Gasteiger partial charge on any atom is 0.267 e. The molecule has 1 unspecified atom stereocenters. The van der Waals surface area contributed by atoms with E-state index in [0.29, 0.717) is 22.7 Å². The van der Waals surface area contributed by atoms with Gasteiger partial charge in [0.25, 0.3) is 5.91 Å². The van der Waals surface area contributed by atoms with Gasteiger partial charge in [-0.15, -0.1) is 0 Å². The lowest BCUT2D eigenvalue weighted by Gasteiger charge is -2.18. The van der Waals surface area contributed by atoms with Gasteiger partial charge in [0.05, 0.1) is 5.56 Å². The number of anilines is 1. The van der Waals surface area contributed by atoms with Crippen molar-refractivity contribution < 1.29 is 14.1 Å². The molecule has 0 bridgehead atoms. The molecule has 8 heteroatoms. The van der Waals surface area contributed by atoms with Crippen LogP contribution < -0.4 is 16.2 Å². The number of hydrogen-bond donors (Lipinski definition) is 3. The van der Waals surface area contributed by atoms with Crippen LogP contribution in [0.3, 0.4) is 0 Å². The van der Waals surface area contributed by atoms with Gasteiger partial charge in [-0.3, -0.25) is 15.0 Å². The number of rotatable bonds is 6. The molecular weight excluding hydrogens is 382 g/mol. The van der Waals surface area contributed by atoms with Gasteiger partial charge in [-0.25, -0.2) is 5.43 Å². The molecule has 0 aliphatic carbocycles. The average Bonchev–Trinajstić information content (AvgIpc) is 3.32. The molecule has 0 aliphatic rings. The smallest absolute Gasteiger partial charge is 0.267 e. The number of benzene rings is 2. The number of nitrogens with zero attached hydrogens (tertiary/aromatic N) is 2. The van der Waals surface area contributed by atoms with Crippen LogP contribution >= 0.6 is 0 Å². The minimum Gasteiger partial charge on any atom is -0.360 e. The first-order valence-electron chi connectivity index (χ1n) is 9.42. The van der Waals surface area contributed by atoms with Gasteiger partial charge in [-0.1, -0.05) is 53.7 Å². The van der Waals surface area contributed by atoms with Crippen molar-refractivity contribution in [2.24, 2.45) is 7.05 Å². The molecule has 4 rings (SSSR count). The molecule has 1 atom stereocenters. The third-order valence-electron chi connectivity index (χ3n) is 4.75. The maximum atomic E-state index is 12.9. The van der Waals surface area contributed by atoms with Crippen LogP contribution in [0.4, 0.5) is 5.82 Å². The molecule has 2 amide bonds. The van der Waals surface area contributed by atoms with Gasteiger partial charge in [0.1, 0.15) is 11.8 Å². The number of hydrazine groups is 1. The van der Waals surface area contributed by atoms with Crippen molar-refractivity contribution >= 4 is 28.5 Å². The summed E-state index contributed by atoms with van der Waals surface area (Å²) < 4.78 is 6.88. The van der Waals surface area contributed by atoms with Crippen LogP contribution in [0, 0.1) is 6.92 Å². The number of carbonyl (C=O) groups is 2. The fourth-order valence-corrected chi connectivity index (χ4v) is 3.30. The molecule has 0 saturated carbocycles. The Morgan fingerprint density at radius 1 is 1.07 bits per heavy atom. The van der Waals surface area contributed by atoms with Crippen molar-refractivity contribution in [1.29, 1.82) is 0 Å². The first kappa shape index (κ1) is 19.4. The van der Waals surface area contributed by atoms with Crippen LogP contribution in [0.2, 0.25) is 0 Å². The SMILES string of the molecule is Cc1cc(NC(=O)C(NNC(=O)c2cn(C)c3ccccc23)c2ccccc2)no1. The lowest BCUT2D eigenvalue weighted by molar-refractivity contribution is -0.118. The molecule has 2 aromatic heterocycles. The van der Waals surface area contributed by atoms with Crippen LogP contribution in [-0.2, 0) is 11.8 Å². The summed E-state index contributed by atoms with van der Waals surface area (Å²) in [5.41, 5.74) is 7.67. The summed E-state index contributed by atoms with van der Waals surface area (Å²) in [6.07, 6.45) is 1.76. The normalized spacial score (nSPS) is 11.9. The number of fused-ring (bicyclic) bond motifs is 1. The van der Waals surface area contributed by atoms with Gasteiger partial charge in [0.15, 0.2) is 5.82 Å². The number of aromatic nitrogens is 2. The standard InChI is InChI=1S/C22H21N5O3/c1-14-12-19(26-30-14)23-22(29)20(15-8-4-3-5-9-15)24-25-21(28)17-13-27(2)18-11-7-6-10-16(17)18/h3-13,20,24H,1-2H3,(H,25,28)(H,23,26,29). The summed E-state index contributed by atoms with van der Waals surface area (Å²) in [5, 5.41) is 7.32. The molecule has 4 aromatic rings. The van der Waals surface area contributed by atoms with Crippen LogP contribution in [0.1, 0.15) is 27.7 Å². The quantitative estimate of drug-likeness (QED) is 0.430. The summed E-state index contributed by atoms with van der Waals surface area (Å²) in [6.45, 7) is 1.74. The predicted octanol–water partition coefficient (Wildman–Crippen LogP) is 3.09. The van der Waals surface area contributed by atoms with Crippen molar-refractivity contribution in [2.75, 3.05) is 5.32 Å². The molecule has 30 heavy (non-hydrogen) atoms. The highest BCUT2D eigenvalue weighted by atomic mass is 16.5. The van der Waals surface area contributed by atoms with E-state index >= 15 is 0 Å². The second kappa shape index (κ2) is 8.22. The van der Waals surface area contributed by atoms with E-state index in [1.54, 1.807) is 31.3 Å². The molecule has 0 fully saturated rings. The lowest BCUT2D eigenvalue weighted by Crippen LogP contribution is -2.44. The lowest BCUT2D eigenvalue weighted by atomic mass is 10.1. The number of para-hydroxylation sites is 1. The van der Waals surface area contributed by atoms with Crippen LogP contribution in [-0.4, -0.2) is 21.5 Å². The zero-order valence-corrected chi connectivity index (χ0v) is 16.5. The van der Waals surface area contributed by atoms with Crippen LogP contribution in [0.25, 0.3) is 10.9 Å². The highest BCUT2D eigenvalue weighted by Gasteiger charge is 2.23. The number of hydrogen-bond acceptors (Lipinski definition) is 5. The van der Waals surface area contributed by atoms with Gasteiger partial charge < -0.3 is 14.4 Å². The second-order valence-corrected chi connectivity index (χ2v) is 6.93. The first-order chi connectivity index (χ1) is 14.5. The van der Waals surface area contributed by atoms with Gasteiger partial charge in [0, 0.05) is 30.2 Å². The Morgan fingerprint density at radius 2 is 1.80 bits per heavy atom. The zero-order chi connectivity index (χ0) is 21.1. The minimum absolute atomic E-state index is 0.306. The summed E-state index contributed by atoms with van der Waals surface area (Å²) in [5.74, 6) is 0.171. The Labute approximate surface area is 172 Å². The second-order valence-electron chi connectivity index (χ2n) is 6.93. The van der Waals surface area contributed by atoms with E-state index in [-0.39, 0.29) is 11.8 Å². The molecule has 0 spiro atoms. The molecule has 2 aromatic carbocycles. The Bertz CT molecular complexity index is 1200. The molecule has 3 N–H and O–H groups in total. The van der Waals surface area contributed by atoms with Gasteiger partial charge in [0.2, 0.25) is 5.91 Å². The molecule has 0 saturated heterocycles. The molecular formula is C22H21N5O3. The minimum atomic E-state index is -0.831. The highest BCUT2D eigenvalue weighted by Crippen LogP contribution is 2.20. The van der Waals surface area contributed by atoms with Gasteiger partial charge in [-0.2, -0.15) is 0 Å². The molecule has 8 nitrogen and oxygen atoms in total. The van der Waals surface area contributed by atoms with E-state index in [4.69, 9.17) is 4.52 Å². The summed E-state index contributed by atoms with van der Waals surface area (Å²) in [6, 6.07) is 17.5. The first-order valence-corrected chi connectivity index (χ1v) is 9.42. The van der Waals surface area contributed by atoms with Crippen molar-refractivity contribution in [3.05, 3.63) is 83.7 Å². The number of carbonyl (C=O) groups excluding carboxylic acids is 2. The summed E-state index contributed by atoms with van der Waals surface area (Å²) in [7, 11) is 1.88. The van der Waals surface area contributed by atoms with E-state index in [9.17, 15) is 9.59 Å². The monoisotopic (exact) mass is 403 g/mol. The largest absolute Gasteiger partial charge is 0.360 e. The van der Waals surface area contributed by atoms with Gasteiger partial charge in [-0.05, 0) is 18.6 Å². The van der Waals surface area contributed by atoms with Crippen molar-refractivity contribution in [1.82, 2.24) is 20.6 Å². The third kappa shape index (κ3) is 3.94. The number of amides is 2. The van der Waals surface area contributed by atoms with Gasteiger partial charge >= 0.3 is 0 Å². The number of aryl methyl sites for hydroxylation is 2. The Hall–Kier alpha value is -3.91. The van der Waals surface area contributed by atoms with Crippen LogP contribution in [0.5, 0.6) is 0 Å².